The minimum Gasteiger partial charge on any atom is -0.358 e. The molecule has 1 N–H and O–H groups in total. The van der Waals surface area contributed by atoms with Crippen molar-refractivity contribution in [2.45, 2.75) is 57.8 Å². The van der Waals surface area contributed by atoms with Gasteiger partial charge < -0.3 is 4.98 Å². The molecule has 1 aromatic heterocycles. The third kappa shape index (κ3) is 2.28. The maximum Gasteiger partial charge on any atom is 0.189 e. The molecule has 20 heavy (non-hydrogen) atoms. The van der Waals surface area contributed by atoms with E-state index in [1.807, 2.05) is 18.2 Å². The minimum absolute atomic E-state index is 0.0384. The summed E-state index contributed by atoms with van der Waals surface area (Å²) in [5.41, 5.74) is 3.60. The van der Waals surface area contributed by atoms with Gasteiger partial charge in [0, 0.05) is 17.1 Å². The maximum atomic E-state index is 12.4. The molecule has 106 valence electrons. The SMILES string of the molecule is CC(C)(C)c1cccc2c(=O)cc(C3CCCC3)[nH]c12. The van der Waals surface area contributed by atoms with Crippen molar-refractivity contribution in [1.82, 2.24) is 4.98 Å². The Bertz CT molecular complexity index is 685. The van der Waals surface area contributed by atoms with Crippen molar-refractivity contribution in [3.8, 4) is 0 Å². The Kier molecular flexibility index (Phi) is 3.19. The van der Waals surface area contributed by atoms with E-state index in [1.165, 1.54) is 31.2 Å². The van der Waals surface area contributed by atoms with Gasteiger partial charge in [-0.1, -0.05) is 45.7 Å². The van der Waals surface area contributed by atoms with Crippen molar-refractivity contribution in [2.75, 3.05) is 0 Å². The molecular formula is C18H23NO. The van der Waals surface area contributed by atoms with E-state index in [-0.39, 0.29) is 10.8 Å². The van der Waals surface area contributed by atoms with E-state index in [0.717, 1.165) is 16.6 Å². The molecule has 3 rings (SSSR count). The lowest BCUT2D eigenvalue weighted by molar-refractivity contribution is 0.593. The Hall–Kier alpha value is -1.57. The quantitative estimate of drug-likeness (QED) is 0.813. The summed E-state index contributed by atoms with van der Waals surface area (Å²) in [5, 5.41) is 0.819. The zero-order valence-electron chi connectivity index (χ0n) is 12.6. The second-order valence-corrected chi connectivity index (χ2v) is 7.05. The standard InChI is InChI=1S/C18H23NO/c1-18(2,3)14-10-6-9-13-16(20)11-15(19-17(13)14)12-7-4-5-8-12/h6,9-12H,4-5,7-8H2,1-3H3,(H,19,20). The number of aromatic amines is 1. The molecule has 1 heterocycles. The van der Waals surface area contributed by atoms with Crippen molar-refractivity contribution in [1.29, 1.82) is 0 Å². The van der Waals surface area contributed by atoms with Crippen molar-refractivity contribution in [2.24, 2.45) is 0 Å². The summed E-state index contributed by atoms with van der Waals surface area (Å²) in [7, 11) is 0. The minimum atomic E-state index is 0.0384. The van der Waals surface area contributed by atoms with Gasteiger partial charge in [-0.15, -0.1) is 0 Å². The summed E-state index contributed by atoms with van der Waals surface area (Å²) < 4.78 is 0. The number of hydrogen-bond acceptors (Lipinski definition) is 1. The van der Waals surface area contributed by atoms with Crippen LogP contribution in [0.5, 0.6) is 0 Å². The first-order valence-corrected chi connectivity index (χ1v) is 7.63. The van der Waals surface area contributed by atoms with Gasteiger partial charge in [-0.05, 0) is 35.8 Å². The number of nitrogens with one attached hydrogen (secondary N) is 1. The van der Waals surface area contributed by atoms with Crippen LogP contribution in [-0.2, 0) is 5.41 Å². The molecule has 0 spiro atoms. The fourth-order valence-corrected chi connectivity index (χ4v) is 3.37. The smallest absolute Gasteiger partial charge is 0.189 e. The molecule has 2 heteroatoms. The third-order valence-electron chi connectivity index (χ3n) is 4.49. The topological polar surface area (TPSA) is 32.9 Å². The first-order chi connectivity index (χ1) is 9.47. The van der Waals surface area contributed by atoms with Gasteiger partial charge in [-0.2, -0.15) is 0 Å². The molecule has 1 aliphatic rings. The van der Waals surface area contributed by atoms with Crippen molar-refractivity contribution in [3.05, 3.63) is 45.7 Å². The molecule has 1 saturated carbocycles. The molecule has 0 amide bonds. The molecule has 2 aromatic rings. The first kappa shape index (κ1) is 13.4. The lowest BCUT2D eigenvalue weighted by Gasteiger charge is -2.22. The summed E-state index contributed by atoms with van der Waals surface area (Å²) in [6, 6.07) is 7.89. The van der Waals surface area contributed by atoms with Crippen LogP contribution in [0.4, 0.5) is 0 Å². The van der Waals surface area contributed by atoms with E-state index in [4.69, 9.17) is 0 Å². The van der Waals surface area contributed by atoms with E-state index < -0.39 is 0 Å². The van der Waals surface area contributed by atoms with Gasteiger partial charge in [0.25, 0.3) is 0 Å². The predicted octanol–water partition coefficient (Wildman–Crippen LogP) is 4.48. The van der Waals surface area contributed by atoms with Gasteiger partial charge in [0.2, 0.25) is 0 Å². The summed E-state index contributed by atoms with van der Waals surface area (Å²) in [6.45, 7) is 6.59. The molecule has 0 bridgehead atoms. The van der Waals surface area contributed by atoms with E-state index in [1.54, 1.807) is 0 Å². The van der Waals surface area contributed by atoms with Crippen LogP contribution in [0.2, 0.25) is 0 Å². The highest BCUT2D eigenvalue weighted by Gasteiger charge is 2.21. The molecule has 0 aliphatic heterocycles. The zero-order valence-corrected chi connectivity index (χ0v) is 12.6. The number of hydrogen-bond donors (Lipinski definition) is 1. The number of pyridine rings is 1. The summed E-state index contributed by atoms with van der Waals surface area (Å²) >= 11 is 0. The Morgan fingerprint density at radius 1 is 1.15 bits per heavy atom. The van der Waals surface area contributed by atoms with Crippen LogP contribution < -0.4 is 5.43 Å². The monoisotopic (exact) mass is 269 g/mol. The van der Waals surface area contributed by atoms with Gasteiger partial charge in [-0.3, -0.25) is 4.79 Å². The number of para-hydroxylation sites is 1. The lowest BCUT2D eigenvalue weighted by atomic mass is 9.85. The third-order valence-corrected chi connectivity index (χ3v) is 4.49. The molecule has 0 unspecified atom stereocenters. The average molecular weight is 269 g/mol. The van der Waals surface area contributed by atoms with Crippen LogP contribution >= 0.6 is 0 Å². The van der Waals surface area contributed by atoms with E-state index in [9.17, 15) is 4.79 Å². The van der Waals surface area contributed by atoms with Crippen LogP contribution in [0.25, 0.3) is 10.9 Å². The number of aromatic nitrogens is 1. The second kappa shape index (κ2) is 4.76. The van der Waals surface area contributed by atoms with Crippen LogP contribution in [0.3, 0.4) is 0 Å². The number of H-pyrrole nitrogens is 1. The first-order valence-electron chi connectivity index (χ1n) is 7.63. The molecule has 2 nitrogen and oxygen atoms in total. The normalized spacial score (nSPS) is 16.9. The molecule has 0 radical (unpaired) electrons. The molecule has 0 saturated heterocycles. The Morgan fingerprint density at radius 2 is 1.85 bits per heavy atom. The molecular weight excluding hydrogens is 246 g/mol. The van der Waals surface area contributed by atoms with Gasteiger partial charge >= 0.3 is 0 Å². The number of fused-ring (bicyclic) bond motifs is 1. The molecule has 1 fully saturated rings. The van der Waals surface area contributed by atoms with Gasteiger partial charge in [0.05, 0.1) is 5.52 Å². The fourth-order valence-electron chi connectivity index (χ4n) is 3.37. The largest absolute Gasteiger partial charge is 0.358 e. The second-order valence-electron chi connectivity index (χ2n) is 7.05. The summed E-state index contributed by atoms with van der Waals surface area (Å²) in [5.74, 6) is 0.542. The Morgan fingerprint density at radius 3 is 2.50 bits per heavy atom. The van der Waals surface area contributed by atoms with Crippen LogP contribution in [-0.4, -0.2) is 4.98 Å². The number of rotatable bonds is 1. The van der Waals surface area contributed by atoms with Gasteiger partial charge in [-0.25, -0.2) is 0 Å². The van der Waals surface area contributed by atoms with Crippen molar-refractivity contribution in [3.63, 3.8) is 0 Å². The van der Waals surface area contributed by atoms with Crippen LogP contribution in [0.15, 0.2) is 29.1 Å². The van der Waals surface area contributed by atoms with Gasteiger partial charge in [0.15, 0.2) is 5.43 Å². The summed E-state index contributed by atoms with van der Waals surface area (Å²) in [4.78, 5) is 16.0. The highest BCUT2D eigenvalue weighted by molar-refractivity contribution is 5.82. The van der Waals surface area contributed by atoms with Gasteiger partial charge in [0.1, 0.15) is 0 Å². The maximum absolute atomic E-state index is 12.4. The van der Waals surface area contributed by atoms with Crippen molar-refractivity contribution >= 4 is 10.9 Å². The Balaban J connectivity index is 2.25. The molecule has 1 aromatic carbocycles. The van der Waals surface area contributed by atoms with Crippen LogP contribution in [0, 0.1) is 0 Å². The fraction of sp³-hybridized carbons (Fsp3) is 0.500. The summed E-state index contributed by atoms with van der Waals surface area (Å²) in [6.07, 6.45) is 4.98. The molecule has 0 atom stereocenters. The average Bonchev–Trinajstić information content (AvgIpc) is 2.90. The highest BCUT2D eigenvalue weighted by Crippen LogP contribution is 2.34. The molecule has 1 aliphatic carbocycles. The van der Waals surface area contributed by atoms with Crippen LogP contribution in [0.1, 0.15) is 63.6 Å². The van der Waals surface area contributed by atoms with E-state index >= 15 is 0 Å². The predicted molar refractivity (Wildman–Crippen MR) is 84.5 cm³/mol. The van der Waals surface area contributed by atoms with E-state index in [0.29, 0.717) is 5.92 Å². The highest BCUT2D eigenvalue weighted by atomic mass is 16.1. The lowest BCUT2D eigenvalue weighted by Crippen LogP contribution is -2.15. The van der Waals surface area contributed by atoms with Crippen molar-refractivity contribution < 1.29 is 0 Å². The zero-order chi connectivity index (χ0) is 14.3. The van der Waals surface area contributed by atoms with E-state index in [2.05, 4.69) is 31.8 Å². The Labute approximate surface area is 120 Å². The number of benzene rings is 1.